The molecule has 0 saturated carbocycles. The molecular weight excluding hydrogens is 310 g/mol. The van der Waals surface area contributed by atoms with Gasteiger partial charge in [0.25, 0.3) is 0 Å². The van der Waals surface area contributed by atoms with E-state index in [1.807, 2.05) is 20.8 Å². The summed E-state index contributed by atoms with van der Waals surface area (Å²) < 4.78 is 11.7. The molecule has 1 aliphatic heterocycles. The summed E-state index contributed by atoms with van der Waals surface area (Å²) in [6.45, 7) is 18.5. The Hall–Kier alpha value is -0.593. The number of aliphatic hydroxyl groups excluding tert-OH is 1. The second kappa shape index (κ2) is 7.11. The van der Waals surface area contributed by atoms with Gasteiger partial charge in [-0.15, -0.1) is 0 Å². The number of carbonyl (C=O) groups is 1. The Morgan fingerprint density at radius 2 is 1.65 bits per heavy atom. The minimum atomic E-state index is -1.82. The number of ether oxygens (including phenoxy) is 1. The highest BCUT2D eigenvalue weighted by Crippen LogP contribution is 2.37. The maximum Gasteiger partial charge on any atom is 0.410 e. The van der Waals surface area contributed by atoms with Gasteiger partial charge in [0.2, 0.25) is 0 Å². The van der Waals surface area contributed by atoms with Crippen LogP contribution in [0.4, 0.5) is 4.79 Å². The summed E-state index contributed by atoms with van der Waals surface area (Å²) in [7, 11) is -1.82. The molecule has 5 nitrogen and oxygen atoms in total. The van der Waals surface area contributed by atoms with E-state index in [2.05, 4.69) is 33.9 Å². The quantitative estimate of drug-likeness (QED) is 0.793. The van der Waals surface area contributed by atoms with Crippen molar-refractivity contribution in [1.29, 1.82) is 0 Å². The van der Waals surface area contributed by atoms with E-state index in [0.29, 0.717) is 19.7 Å². The van der Waals surface area contributed by atoms with Crippen molar-refractivity contribution in [1.82, 2.24) is 4.90 Å². The molecule has 0 aliphatic carbocycles. The lowest BCUT2D eigenvalue weighted by molar-refractivity contribution is 0.0279. The van der Waals surface area contributed by atoms with Crippen LogP contribution in [-0.4, -0.2) is 56.3 Å². The van der Waals surface area contributed by atoms with Crippen LogP contribution in [0.3, 0.4) is 0 Å². The van der Waals surface area contributed by atoms with Gasteiger partial charge in [0.15, 0.2) is 8.32 Å². The van der Waals surface area contributed by atoms with E-state index < -0.39 is 13.9 Å². The summed E-state index contributed by atoms with van der Waals surface area (Å²) in [4.78, 5) is 13.9. The van der Waals surface area contributed by atoms with Crippen LogP contribution in [0.15, 0.2) is 0 Å². The van der Waals surface area contributed by atoms with Gasteiger partial charge >= 0.3 is 6.09 Å². The van der Waals surface area contributed by atoms with E-state index in [9.17, 15) is 9.90 Å². The molecule has 1 saturated heterocycles. The number of nitrogens with zero attached hydrogens (tertiary/aromatic N) is 1. The van der Waals surface area contributed by atoms with Gasteiger partial charge in [0.05, 0.1) is 0 Å². The highest BCUT2D eigenvalue weighted by molar-refractivity contribution is 6.74. The van der Waals surface area contributed by atoms with Gasteiger partial charge in [-0.1, -0.05) is 20.8 Å². The highest BCUT2D eigenvalue weighted by atomic mass is 28.4. The molecule has 0 aromatic heterocycles. The number of amides is 1. The molecular formula is C17H35NO4Si. The first-order chi connectivity index (χ1) is 10.3. The number of likely N-dealkylation sites (tertiary alicyclic amines) is 1. The molecule has 1 heterocycles. The van der Waals surface area contributed by atoms with Gasteiger partial charge in [-0.2, -0.15) is 0 Å². The lowest BCUT2D eigenvalue weighted by atomic mass is 9.98. The van der Waals surface area contributed by atoms with E-state index in [4.69, 9.17) is 9.16 Å². The zero-order chi connectivity index (χ0) is 18.1. The summed E-state index contributed by atoms with van der Waals surface area (Å²) in [5, 5.41) is 9.79. The van der Waals surface area contributed by atoms with Crippen LogP contribution in [0.5, 0.6) is 0 Å². The van der Waals surface area contributed by atoms with Crippen LogP contribution < -0.4 is 0 Å². The topological polar surface area (TPSA) is 59.0 Å². The van der Waals surface area contributed by atoms with Crippen molar-refractivity contribution in [2.75, 3.05) is 26.3 Å². The molecule has 0 unspecified atom stereocenters. The molecule has 1 rings (SSSR count). The largest absolute Gasteiger partial charge is 0.444 e. The molecule has 1 N–H and O–H groups in total. The third kappa shape index (κ3) is 5.76. The van der Waals surface area contributed by atoms with Gasteiger partial charge in [0.1, 0.15) is 5.60 Å². The van der Waals surface area contributed by atoms with E-state index in [1.54, 1.807) is 4.90 Å². The van der Waals surface area contributed by atoms with Gasteiger partial charge in [0, 0.05) is 38.1 Å². The zero-order valence-electron chi connectivity index (χ0n) is 16.1. The first-order valence-corrected chi connectivity index (χ1v) is 11.4. The predicted molar refractivity (Wildman–Crippen MR) is 95.0 cm³/mol. The van der Waals surface area contributed by atoms with Crippen molar-refractivity contribution < 1.29 is 19.1 Å². The van der Waals surface area contributed by atoms with Crippen LogP contribution >= 0.6 is 0 Å². The minimum Gasteiger partial charge on any atom is -0.444 e. The SMILES string of the molecule is CC(C)(C)OC(=O)N1C[C@@H](CO[Si](C)(C)C(C)(C)C)[C@@H](CO)C1. The fourth-order valence-electron chi connectivity index (χ4n) is 2.34. The van der Waals surface area contributed by atoms with Gasteiger partial charge < -0.3 is 19.2 Å². The second-order valence-corrected chi connectivity index (χ2v) is 14.0. The van der Waals surface area contributed by atoms with Crippen LogP contribution in [0.25, 0.3) is 0 Å². The lowest BCUT2D eigenvalue weighted by Crippen LogP contribution is -2.43. The number of rotatable bonds is 4. The molecule has 0 aromatic carbocycles. The standard InChI is InChI=1S/C17H35NO4Si/c1-16(2,3)22-15(20)18-9-13(11-19)14(10-18)12-21-23(7,8)17(4,5)6/h13-14,19H,9-12H2,1-8H3/t13-,14+/m1/s1. The van der Waals surface area contributed by atoms with Gasteiger partial charge in [-0.3, -0.25) is 0 Å². The number of aliphatic hydroxyl groups is 1. The number of hydrogen-bond acceptors (Lipinski definition) is 4. The summed E-state index contributed by atoms with van der Waals surface area (Å²) in [6, 6.07) is 0. The van der Waals surface area contributed by atoms with Crippen LogP contribution in [0, 0.1) is 11.8 Å². The van der Waals surface area contributed by atoms with Crippen molar-refractivity contribution in [3.05, 3.63) is 0 Å². The molecule has 6 heteroatoms. The molecule has 136 valence electrons. The molecule has 1 fully saturated rings. The Labute approximate surface area is 142 Å². The molecule has 23 heavy (non-hydrogen) atoms. The molecule has 1 amide bonds. The highest BCUT2D eigenvalue weighted by Gasteiger charge is 2.41. The summed E-state index contributed by atoms with van der Waals surface area (Å²) in [5.41, 5.74) is -0.498. The normalized spacial score (nSPS) is 23.3. The first-order valence-electron chi connectivity index (χ1n) is 8.49. The third-order valence-corrected chi connectivity index (χ3v) is 9.43. The number of hydrogen-bond donors (Lipinski definition) is 1. The van der Waals surface area contributed by atoms with E-state index in [0.717, 1.165) is 0 Å². The summed E-state index contributed by atoms with van der Waals surface area (Å²) in [6.07, 6.45) is -0.300. The van der Waals surface area contributed by atoms with Gasteiger partial charge in [-0.05, 0) is 38.9 Å². The van der Waals surface area contributed by atoms with Crippen molar-refractivity contribution >= 4 is 14.4 Å². The van der Waals surface area contributed by atoms with Crippen LogP contribution in [0.1, 0.15) is 41.5 Å². The predicted octanol–water partition coefficient (Wildman–Crippen LogP) is 3.48. The van der Waals surface area contributed by atoms with E-state index in [-0.39, 0.29) is 29.6 Å². The van der Waals surface area contributed by atoms with Crippen molar-refractivity contribution in [2.24, 2.45) is 11.8 Å². The smallest absolute Gasteiger partial charge is 0.410 e. The Morgan fingerprint density at radius 3 is 2.09 bits per heavy atom. The number of carbonyl (C=O) groups excluding carboxylic acids is 1. The Balaban J connectivity index is 2.65. The van der Waals surface area contributed by atoms with E-state index >= 15 is 0 Å². The molecule has 1 aliphatic rings. The Morgan fingerprint density at radius 1 is 1.13 bits per heavy atom. The molecule has 2 atom stereocenters. The molecule has 0 aromatic rings. The van der Waals surface area contributed by atoms with Crippen molar-refractivity contribution in [2.45, 2.75) is 65.3 Å². The van der Waals surface area contributed by atoms with Crippen LogP contribution in [0.2, 0.25) is 18.1 Å². The fourth-order valence-corrected chi connectivity index (χ4v) is 3.41. The van der Waals surface area contributed by atoms with Crippen molar-refractivity contribution in [3.63, 3.8) is 0 Å². The summed E-state index contributed by atoms with van der Waals surface area (Å²) >= 11 is 0. The molecule has 0 radical (unpaired) electrons. The maximum absolute atomic E-state index is 12.2. The summed E-state index contributed by atoms with van der Waals surface area (Å²) in [5.74, 6) is 0.230. The van der Waals surface area contributed by atoms with Gasteiger partial charge in [-0.25, -0.2) is 4.79 Å². The average Bonchev–Trinajstić information content (AvgIpc) is 2.76. The zero-order valence-corrected chi connectivity index (χ0v) is 17.1. The second-order valence-electron chi connectivity index (χ2n) is 9.16. The monoisotopic (exact) mass is 345 g/mol. The lowest BCUT2D eigenvalue weighted by Gasteiger charge is -2.37. The fraction of sp³-hybridized carbons (Fsp3) is 0.941. The first kappa shape index (κ1) is 20.5. The van der Waals surface area contributed by atoms with Crippen LogP contribution in [-0.2, 0) is 9.16 Å². The third-order valence-electron chi connectivity index (χ3n) is 4.93. The minimum absolute atomic E-state index is 0.0623. The Bertz CT molecular complexity index is 412. The van der Waals surface area contributed by atoms with E-state index in [1.165, 1.54) is 0 Å². The maximum atomic E-state index is 12.2. The average molecular weight is 346 g/mol. The Kier molecular flexibility index (Phi) is 6.32. The molecule has 0 bridgehead atoms. The molecule has 0 spiro atoms. The van der Waals surface area contributed by atoms with Crippen molar-refractivity contribution in [3.8, 4) is 0 Å².